The number of hydrogen-bond acceptors (Lipinski definition) is 7. The van der Waals surface area contributed by atoms with E-state index < -0.39 is 29.2 Å². The molecule has 3 rings (SSSR count). The lowest BCUT2D eigenvalue weighted by Crippen LogP contribution is -2.45. The molecule has 0 unspecified atom stereocenters. The van der Waals surface area contributed by atoms with Crippen molar-refractivity contribution in [2.24, 2.45) is 0 Å². The molecule has 0 radical (unpaired) electrons. The molecule has 0 aliphatic carbocycles. The first-order valence-corrected chi connectivity index (χ1v) is 10.5. The minimum atomic E-state index is -0.796. The molecule has 1 aromatic carbocycles. The largest absolute Gasteiger partial charge is 0.444 e. The van der Waals surface area contributed by atoms with Gasteiger partial charge in [-0.2, -0.15) is 4.98 Å². The van der Waals surface area contributed by atoms with Crippen LogP contribution in [-0.2, 0) is 26.5 Å². The van der Waals surface area contributed by atoms with Crippen molar-refractivity contribution < 1.29 is 23.8 Å². The summed E-state index contributed by atoms with van der Waals surface area (Å²) in [5.41, 5.74) is 1.37. The SMILES string of the molecule is CC[C@@H](NC(=O)OC(C)(C)C)C(=O)Nc1cncnc1Oc1ccc2c(c1)C(C)(C)OC2. The third-order valence-corrected chi connectivity index (χ3v) is 4.88. The molecule has 2 aromatic rings. The molecule has 9 nitrogen and oxygen atoms in total. The van der Waals surface area contributed by atoms with Crippen LogP contribution in [0.3, 0.4) is 0 Å². The maximum absolute atomic E-state index is 12.8. The maximum atomic E-state index is 12.8. The van der Waals surface area contributed by atoms with Crippen molar-refractivity contribution in [3.63, 3.8) is 0 Å². The van der Waals surface area contributed by atoms with Crippen molar-refractivity contribution in [3.05, 3.63) is 41.9 Å². The molecule has 0 fully saturated rings. The van der Waals surface area contributed by atoms with Gasteiger partial charge < -0.3 is 24.8 Å². The normalized spacial score (nSPS) is 15.4. The minimum Gasteiger partial charge on any atom is -0.444 e. The average Bonchev–Trinajstić information content (AvgIpc) is 3.00. The third kappa shape index (κ3) is 5.73. The Kier molecular flexibility index (Phi) is 6.68. The van der Waals surface area contributed by atoms with Gasteiger partial charge in [-0.15, -0.1) is 0 Å². The number of anilines is 1. The highest BCUT2D eigenvalue weighted by Gasteiger charge is 2.31. The predicted molar refractivity (Wildman–Crippen MR) is 118 cm³/mol. The quantitative estimate of drug-likeness (QED) is 0.687. The Morgan fingerprint density at radius 3 is 2.72 bits per heavy atom. The predicted octanol–water partition coefficient (Wildman–Crippen LogP) is 4.28. The van der Waals surface area contributed by atoms with Crippen molar-refractivity contribution in [1.82, 2.24) is 15.3 Å². The van der Waals surface area contributed by atoms with Crippen molar-refractivity contribution >= 4 is 17.7 Å². The van der Waals surface area contributed by atoms with Crippen LogP contribution in [-0.4, -0.2) is 33.6 Å². The number of fused-ring (bicyclic) bond motifs is 1. The molecule has 1 atom stereocenters. The van der Waals surface area contributed by atoms with E-state index in [1.165, 1.54) is 12.5 Å². The summed E-state index contributed by atoms with van der Waals surface area (Å²) in [6.45, 7) is 11.6. The van der Waals surface area contributed by atoms with E-state index in [-0.39, 0.29) is 11.6 Å². The number of hydrogen-bond donors (Lipinski definition) is 2. The Labute approximate surface area is 187 Å². The molecule has 0 saturated carbocycles. The second kappa shape index (κ2) is 9.12. The molecule has 0 bridgehead atoms. The highest BCUT2D eigenvalue weighted by Crippen LogP contribution is 2.39. The topological polar surface area (TPSA) is 112 Å². The van der Waals surface area contributed by atoms with Crippen LogP contribution in [0.2, 0.25) is 0 Å². The van der Waals surface area contributed by atoms with Gasteiger partial charge in [-0.05, 0) is 64.3 Å². The van der Waals surface area contributed by atoms with Crippen LogP contribution in [0, 0.1) is 0 Å². The summed E-state index contributed by atoms with van der Waals surface area (Å²) < 4.78 is 17.0. The number of ether oxygens (including phenoxy) is 3. The average molecular weight is 443 g/mol. The van der Waals surface area contributed by atoms with Gasteiger partial charge in [0.1, 0.15) is 29.4 Å². The van der Waals surface area contributed by atoms with E-state index in [0.717, 1.165) is 11.1 Å². The standard InChI is InChI=1S/C23H30N4O5/c1-7-17(27-21(29)32-22(2,3)4)19(28)26-18-11-24-13-25-20(18)31-15-9-8-14-12-30-23(5,6)16(14)10-15/h8-11,13,17H,7,12H2,1-6H3,(H,26,28)(H,27,29)/t17-/m1/s1. The zero-order valence-electron chi connectivity index (χ0n) is 19.3. The van der Waals surface area contributed by atoms with Crippen molar-refractivity contribution in [2.45, 2.75) is 71.8 Å². The van der Waals surface area contributed by atoms with Gasteiger partial charge in [0.15, 0.2) is 0 Å². The van der Waals surface area contributed by atoms with Crippen LogP contribution in [0.15, 0.2) is 30.7 Å². The number of rotatable bonds is 6. The molecule has 1 aliphatic rings. The van der Waals surface area contributed by atoms with Gasteiger partial charge in [-0.25, -0.2) is 9.78 Å². The molecule has 2 heterocycles. The lowest BCUT2D eigenvalue weighted by molar-refractivity contribution is -0.118. The zero-order chi connectivity index (χ0) is 23.5. The Morgan fingerprint density at radius 2 is 2.03 bits per heavy atom. The van der Waals surface area contributed by atoms with Crippen molar-refractivity contribution in [3.8, 4) is 11.6 Å². The second-order valence-corrected chi connectivity index (χ2v) is 9.06. The lowest BCUT2D eigenvalue weighted by Gasteiger charge is -2.23. The Bertz CT molecular complexity index is 1000. The van der Waals surface area contributed by atoms with E-state index in [9.17, 15) is 9.59 Å². The fourth-order valence-electron chi connectivity index (χ4n) is 3.26. The van der Waals surface area contributed by atoms with Crippen LogP contribution in [0.25, 0.3) is 0 Å². The fourth-order valence-corrected chi connectivity index (χ4v) is 3.26. The molecule has 9 heteroatoms. The summed E-state index contributed by atoms with van der Waals surface area (Å²) in [4.78, 5) is 33.0. The van der Waals surface area contributed by atoms with Crippen molar-refractivity contribution in [2.75, 3.05) is 5.32 Å². The number of carbonyl (C=O) groups is 2. The molecule has 2 N–H and O–H groups in total. The van der Waals surface area contributed by atoms with Gasteiger partial charge in [-0.3, -0.25) is 4.79 Å². The van der Waals surface area contributed by atoms with Gasteiger partial charge >= 0.3 is 6.09 Å². The summed E-state index contributed by atoms with van der Waals surface area (Å²) in [5.74, 6) is 0.328. The van der Waals surface area contributed by atoms with Gasteiger partial charge in [0.25, 0.3) is 0 Å². The van der Waals surface area contributed by atoms with Gasteiger partial charge in [0.2, 0.25) is 11.8 Å². The van der Waals surface area contributed by atoms with E-state index in [0.29, 0.717) is 18.8 Å². The van der Waals surface area contributed by atoms with Crippen LogP contribution >= 0.6 is 0 Å². The Balaban J connectivity index is 1.73. The highest BCUT2D eigenvalue weighted by atomic mass is 16.6. The molecule has 2 amide bonds. The van der Waals surface area contributed by atoms with E-state index in [1.54, 1.807) is 27.7 Å². The first-order valence-electron chi connectivity index (χ1n) is 10.5. The highest BCUT2D eigenvalue weighted by molar-refractivity contribution is 5.97. The summed E-state index contributed by atoms with van der Waals surface area (Å²) in [6, 6.07) is 4.90. The summed E-state index contributed by atoms with van der Waals surface area (Å²) in [5, 5.41) is 5.32. The van der Waals surface area contributed by atoms with E-state index in [2.05, 4.69) is 20.6 Å². The number of carbonyl (C=O) groups excluding carboxylic acids is 2. The second-order valence-electron chi connectivity index (χ2n) is 9.06. The number of benzene rings is 1. The molecular formula is C23H30N4O5. The molecule has 172 valence electrons. The third-order valence-electron chi connectivity index (χ3n) is 4.88. The number of nitrogens with one attached hydrogen (secondary N) is 2. The molecule has 0 spiro atoms. The smallest absolute Gasteiger partial charge is 0.408 e. The van der Waals surface area contributed by atoms with Crippen LogP contribution < -0.4 is 15.4 Å². The van der Waals surface area contributed by atoms with Gasteiger partial charge in [0.05, 0.1) is 18.4 Å². The number of nitrogens with zero attached hydrogens (tertiary/aromatic N) is 2. The Morgan fingerprint density at radius 1 is 1.28 bits per heavy atom. The van der Waals surface area contributed by atoms with Crippen molar-refractivity contribution in [1.29, 1.82) is 0 Å². The fraction of sp³-hybridized carbons (Fsp3) is 0.478. The molecule has 1 aliphatic heterocycles. The van der Waals surface area contributed by atoms with E-state index in [1.807, 2.05) is 32.0 Å². The Hall–Kier alpha value is -3.20. The molecular weight excluding hydrogens is 412 g/mol. The summed E-state index contributed by atoms with van der Waals surface area (Å²) >= 11 is 0. The summed E-state index contributed by atoms with van der Waals surface area (Å²) in [7, 11) is 0. The maximum Gasteiger partial charge on any atom is 0.408 e. The molecule has 32 heavy (non-hydrogen) atoms. The van der Waals surface area contributed by atoms with Gasteiger partial charge in [-0.1, -0.05) is 13.0 Å². The first-order chi connectivity index (χ1) is 15.0. The lowest BCUT2D eigenvalue weighted by atomic mass is 9.96. The van der Waals surface area contributed by atoms with E-state index in [4.69, 9.17) is 14.2 Å². The van der Waals surface area contributed by atoms with Crippen LogP contribution in [0.4, 0.5) is 10.5 Å². The first kappa shape index (κ1) is 23.5. The number of alkyl carbamates (subject to hydrolysis) is 1. The number of amides is 2. The minimum absolute atomic E-state index is 0.192. The molecule has 0 saturated heterocycles. The van der Waals surface area contributed by atoms with Crippen LogP contribution in [0.5, 0.6) is 11.6 Å². The van der Waals surface area contributed by atoms with E-state index >= 15 is 0 Å². The summed E-state index contributed by atoms with van der Waals surface area (Å²) in [6.07, 6.45) is 2.49. The molecule has 1 aromatic heterocycles. The van der Waals surface area contributed by atoms with Crippen LogP contribution in [0.1, 0.15) is 59.1 Å². The zero-order valence-corrected chi connectivity index (χ0v) is 19.3. The van der Waals surface area contributed by atoms with Gasteiger partial charge in [0, 0.05) is 0 Å². The number of aromatic nitrogens is 2. The monoisotopic (exact) mass is 442 g/mol.